The van der Waals surface area contributed by atoms with Crippen LogP contribution in [-0.2, 0) is 0 Å². The van der Waals surface area contributed by atoms with Gasteiger partial charge in [-0.3, -0.25) is 4.98 Å². The molecule has 72 valence electrons. The molecule has 0 aliphatic rings. The predicted molar refractivity (Wildman–Crippen MR) is 63.3 cm³/mol. The van der Waals surface area contributed by atoms with Crippen LogP contribution in [0, 0.1) is 13.8 Å². The first-order valence-electron chi connectivity index (χ1n) is 4.41. The molecule has 1 aromatic carbocycles. The zero-order valence-corrected chi connectivity index (χ0v) is 9.72. The van der Waals surface area contributed by atoms with Crippen LogP contribution in [0.15, 0.2) is 22.7 Å². The number of anilines is 1. The van der Waals surface area contributed by atoms with Crippen LogP contribution in [0.1, 0.15) is 11.3 Å². The maximum Gasteiger partial charge on any atom is 0.0737 e. The van der Waals surface area contributed by atoms with Gasteiger partial charge in [0.1, 0.15) is 0 Å². The number of hydrogen-bond donors (Lipinski definition) is 1. The van der Waals surface area contributed by atoms with Gasteiger partial charge in [0, 0.05) is 21.2 Å². The van der Waals surface area contributed by atoms with E-state index in [1.807, 2.05) is 26.0 Å². The zero-order chi connectivity index (χ0) is 10.3. The van der Waals surface area contributed by atoms with Crippen molar-refractivity contribution in [2.24, 2.45) is 0 Å². The van der Waals surface area contributed by atoms with E-state index in [0.717, 1.165) is 26.8 Å². The largest absolute Gasteiger partial charge is 0.398 e. The lowest BCUT2D eigenvalue weighted by Gasteiger charge is -2.06. The number of benzene rings is 1. The second kappa shape index (κ2) is 3.24. The summed E-state index contributed by atoms with van der Waals surface area (Å²) in [5, 5.41) is 1.02. The smallest absolute Gasteiger partial charge is 0.0737 e. The zero-order valence-electron chi connectivity index (χ0n) is 8.13. The van der Waals surface area contributed by atoms with Gasteiger partial charge in [-0.25, -0.2) is 0 Å². The number of fused-ring (bicyclic) bond motifs is 1. The van der Waals surface area contributed by atoms with E-state index >= 15 is 0 Å². The summed E-state index contributed by atoms with van der Waals surface area (Å²) in [5.41, 5.74) is 9.79. The van der Waals surface area contributed by atoms with E-state index < -0.39 is 0 Å². The van der Waals surface area contributed by atoms with Crippen LogP contribution in [0.25, 0.3) is 10.9 Å². The summed E-state index contributed by atoms with van der Waals surface area (Å²) in [6, 6.07) is 5.96. The van der Waals surface area contributed by atoms with Gasteiger partial charge in [-0.2, -0.15) is 0 Å². The molecule has 1 heterocycles. The molecule has 2 rings (SSSR count). The molecular weight excluding hydrogens is 240 g/mol. The van der Waals surface area contributed by atoms with Crippen molar-refractivity contribution < 1.29 is 0 Å². The van der Waals surface area contributed by atoms with E-state index in [0.29, 0.717) is 0 Å². The average molecular weight is 251 g/mol. The fourth-order valence-electron chi connectivity index (χ4n) is 1.52. The molecule has 0 spiro atoms. The van der Waals surface area contributed by atoms with Crippen LogP contribution in [0.4, 0.5) is 5.69 Å². The van der Waals surface area contributed by atoms with Gasteiger partial charge in [-0.1, -0.05) is 15.9 Å². The number of pyridine rings is 1. The molecule has 0 unspecified atom stereocenters. The number of halogens is 1. The first-order valence-corrected chi connectivity index (χ1v) is 5.20. The third-order valence-electron chi connectivity index (χ3n) is 2.25. The van der Waals surface area contributed by atoms with Crippen molar-refractivity contribution in [3.8, 4) is 0 Å². The van der Waals surface area contributed by atoms with E-state index in [1.54, 1.807) is 0 Å². The Morgan fingerprint density at radius 2 is 1.93 bits per heavy atom. The van der Waals surface area contributed by atoms with Crippen molar-refractivity contribution in [2.75, 3.05) is 5.73 Å². The number of nitrogens with two attached hydrogens (primary N) is 1. The standard InChI is InChI=1S/C11H11BrN2/c1-6-3-8-10(13)4-7(2)14-11(8)5-9(6)12/h3-5H,1-2H3,(H2,13,14). The molecule has 0 aliphatic heterocycles. The Balaban J connectivity index is 2.89. The molecule has 0 radical (unpaired) electrons. The Bertz CT molecular complexity index is 506. The van der Waals surface area contributed by atoms with E-state index in [-0.39, 0.29) is 0 Å². The molecule has 0 atom stereocenters. The van der Waals surface area contributed by atoms with Crippen LogP contribution in [-0.4, -0.2) is 4.98 Å². The highest BCUT2D eigenvalue weighted by Crippen LogP contribution is 2.26. The molecular formula is C11H11BrN2. The first kappa shape index (κ1) is 9.46. The Morgan fingerprint density at radius 1 is 1.21 bits per heavy atom. The maximum absolute atomic E-state index is 5.92. The van der Waals surface area contributed by atoms with Gasteiger partial charge in [-0.05, 0) is 37.6 Å². The van der Waals surface area contributed by atoms with Crippen LogP contribution in [0.5, 0.6) is 0 Å². The number of nitrogen functional groups attached to an aromatic ring is 1. The summed E-state index contributed by atoms with van der Waals surface area (Å²) in [4.78, 5) is 4.43. The molecule has 2 aromatic rings. The summed E-state index contributed by atoms with van der Waals surface area (Å²) in [7, 11) is 0. The average Bonchev–Trinajstić information content (AvgIpc) is 2.08. The molecule has 14 heavy (non-hydrogen) atoms. The lowest BCUT2D eigenvalue weighted by molar-refractivity contribution is 1.25. The number of rotatable bonds is 0. The van der Waals surface area contributed by atoms with E-state index in [2.05, 4.69) is 27.0 Å². The van der Waals surface area contributed by atoms with Crippen molar-refractivity contribution in [3.63, 3.8) is 0 Å². The number of aromatic nitrogens is 1. The molecule has 0 amide bonds. The van der Waals surface area contributed by atoms with Crippen molar-refractivity contribution in [1.29, 1.82) is 0 Å². The Morgan fingerprint density at radius 3 is 2.64 bits per heavy atom. The summed E-state index contributed by atoms with van der Waals surface area (Å²) in [6.45, 7) is 3.99. The molecule has 3 heteroatoms. The fourth-order valence-corrected chi connectivity index (χ4v) is 1.85. The highest BCUT2D eigenvalue weighted by molar-refractivity contribution is 9.10. The number of nitrogens with zero attached hydrogens (tertiary/aromatic N) is 1. The molecule has 2 nitrogen and oxygen atoms in total. The van der Waals surface area contributed by atoms with Gasteiger partial charge < -0.3 is 5.73 Å². The van der Waals surface area contributed by atoms with Crippen LogP contribution in [0.3, 0.4) is 0 Å². The highest BCUT2D eigenvalue weighted by Gasteiger charge is 2.03. The molecule has 0 fully saturated rings. The molecule has 0 saturated heterocycles. The van der Waals surface area contributed by atoms with Crippen molar-refractivity contribution in [1.82, 2.24) is 4.98 Å². The summed E-state index contributed by atoms with van der Waals surface area (Å²) < 4.78 is 1.07. The van der Waals surface area contributed by atoms with Crippen LogP contribution < -0.4 is 5.73 Å². The topological polar surface area (TPSA) is 38.9 Å². The quantitative estimate of drug-likeness (QED) is 0.780. The van der Waals surface area contributed by atoms with E-state index in [9.17, 15) is 0 Å². The number of hydrogen-bond acceptors (Lipinski definition) is 2. The molecule has 0 aliphatic carbocycles. The van der Waals surface area contributed by atoms with Crippen molar-refractivity contribution in [2.45, 2.75) is 13.8 Å². The SMILES string of the molecule is Cc1cc(N)c2cc(C)c(Br)cc2n1. The summed E-state index contributed by atoms with van der Waals surface area (Å²) in [5.74, 6) is 0. The minimum absolute atomic E-state index is 0.795. The van der Waals surface area contributed by atoms with Gasteiger partial charge in [-0.15, -0.1) is 0 Å². The Labute approximate surface area is 91.3 Å². The fraction of sp³-hybridized carbons (Fsp3) is 0.182. The Kier molecular flexibility index (Phi) is 2.19. The Hall–Kier alpha value is -1.09. The van der Waals surface area contributed by atoms with Gasteiger partial charge in [0.2, 0.25) is 0 Å². The maximum atomic E-state index is 5.92. The van der Waals surface area contributed by atoms with Crippen LogP contribution >= 0.6 is 15.9 Å². The second-order valence-corrected chi connectivity index (χ2v) is 4.33. The molecule has 1 aromatic heterocycles. The highest BCUT2D eigenvalue weighted by atomic mass is 79.9. The summed E-state index contributed by atoms with van der Waals surface area (Å²) >= 11 is 3.48. The van der Waals surface area contributed by atoms with Crippen LogP contribution in [0.2, 0.25) is 0 Å². The van der Waals surface area contributed by atoms with Gasteiger partial charge in [0.25, 0.3) is 0 Å². The first-order chi connectivity index (χ1) is 6.58. The third-order valence-corrected chi connectivity index (χ3v) is 3.10. The van der Waals surface area contributed by atoms with E-state index in [4.69, 9.17) is 5.73 Å². The minimum atomic E-state index is 0.795. The van der Waals surface area contributed by atoms with Crippen molar-refractivity contribution >= 4 is 32.5 Å². The van der Waals surface area contributed by atoms with Gasteiger partial charge in [0.05, 0.1) is 5.52 Å². The predicted octanol–water partition coefficient (Wildman–Crippen LogP) is 3.20. The lowest BCUT2D eigenvalue weighted by Crippen LogP contribution is -1.92. The minimum Gasteiger partial charge on any atom is -0.398 e. The summed E-state index contributed by atoms with van der Waals surface area (Å²) in [6.07, 6.45) is 0. The van der Waals surface area contributed by atoms with Gasteiger partial charge >= 0.3 is 0 Å². The van der Waals surface area contributed by atoms with Gasteiger partial charge in [0.15, 0.2) is 0 Å². The molecule has 0 bridgehead atoms. The second-order valence-electron chi connectivity index (χ2n) is 3.47. The normalized spacial score (nSPS) is 10.8. The number of aryl methyl sites for hydroxylation is 2. The lowest BCUT2D eigenvalue weighted by atomic mass is 10.1. The third kappa shape index (κ3) is 1.48. The van der Waals surface area contributed by atoms with Crippen molar-refractivity contribution in [3.05, 3.63) is 33.9 Å². The molecule has 0 saturated carbocycles. The molecule has 2 N–H and O–H groups in total. The monoisotopic (exact) mass is 250 g/mol. The van der Waals surface area contributed by atoms with E-state index in [1.165, 1.54) is 5.56 Å².